The molecule has 134 valence electrons. The minimum Gasteiger partial charge on any atom is -0.496 e. The molecule has 0 aliphatic carbocycles. The molecule has 0 aliphatic rings. The van der Waals surface area contributed by atoms with Crippen LogP contribution in [-0.4, -0.2) is 28.8 Å². The predicted molar refractivity (Wildman–Crippen MR) is 98.7 cm³/mol. The average molecular weight is 353 g/mol. The molecule has 1 heterocycles. The molecule has 0 bridgehead atoms. The van der Waals surface area contributed by atoms with Crippen LogP contribution >= 0.6 is 0 Å². The average Bonchev–Trinajstić information content (AvgIpc) is 2.68. The van der Waals surface area contributed by atoms with Gasteiger partial charge in [0, 0.05) is 18.7 Å². The number of hydrogen-bond donors (Lipinski definition) is 2. The van der Waals surface area contributed by atoms with Crippen molar-refractivity contribution in [3.63, 3.8) is 0 Å². The van der Waals surface area contributed by atoms with Gasteiger partial charge in [0.15, 0.2) is 5.82 Å². The van der Waals surface area contributed by atoms with Gasteiger partial charge in [-0.1, -0.05) is 36.4 Å². The molecule has 3 aromatic rings. The number of hydrogen-bond acceptors (Lipinski definition) is 6. The van der Waals surface area contributed by atoms with Crippen molar-refractivity contribution >= 4 is 11.8 Å². The van der Waals surface area contributed by atoms with E-state index in [9.17, 15) is 4.39 Å². The van der Waals surface area contributed by atoms with E-state index in [2.05, 4.69) is 25.8 Å². The summed E-state index contributed by atoms with van der Waals surface area (Å²) in [5.74, 6) is 1.59. The Labute approximate surface area is 151 Å². The van der Waals surface area contributed by atoms with E-state index in [1.807, 2.05) is 30.3 Å². The number of ether oxygens (including phenoxy) is 1. The van der Waals surface area contributed by atoms with Gasteiger partial charge in [0.1, 0.15) is 11.6 Å². The second-order valence-corrected chi connectivity index (χ2v) is 5.60. The monoisotopic (exact) mass is 353 g/mol. The molecule has 0 saturated carbocycles. The van der Waals surface area contributed by atoms with E-state index in [1.54, 1.807) is 25.4 Å². The lowest BCUT2D eigenvalue weighted by molar-refractivity contribution is 0.410. The zero-order valence-corrected chi connectivity index (χ0v) is 14.4. The van der Waals surface area contributed by atoms with Crippen molar-refractivity contribution in [1.82, 2.24) is 15.2 Å². The number of para-hydroxylation sites is 1. The topological polar surface area (TPSA) is 72.0 Å². The smallest absolute Gasteiger partial charge is 0.244 e. The van der Waals surface area contributed by atoms with Gasteiger partial charge in [-0.15, -0.1) is 5.10 Å². The Kier molecular flexibility index (Phi) is 5.92. The lowest BCUT2D eigenvalue weighted by Crippen LogP contribution is -2.11. The van der Waals surface area contributed by atoms with Crippen molar-refractivity contribution in [1.29, 1.82) is 0 Å². The Balaban J connectivity index is 1.55. The van der Waals surface area contributed by atoms with Crippen molar-refractivity contribution in [2.24, 2.45) is 0 Å². The van der Waals surface area contributed by atoms with Crippen LogP contribution in [-0.2, 0) is 13.0 Å². The Morgan fingerprint density at radius 2 is 1.77 bits per heavy atom. The first kappa shape index (κ1) is 17.6. The van der Waals surface area contributed by atoms with E-state index in [0.717, 1.165) is 11.3 Å². The third-order valence-electron chi connectivity index (χ3n) is 3.85. The van der Waals surface area contributed by atoms with Crippen molar-refractivity contribution in [2.45, 2.75) is 13.0 Å². The summed E-state index contributed by atoms with van der Waals surface area (Å²) in [6.07, 6.45) is 2.09. The summed E-state index contributed by atoms with van der Waals surface area (Å²) >= 11 is 0. The van der Waals surface area contributed by atoms with E-state index >= 15 is 0 Å². The first-order valence-corrected chi connectivity index (χ1v) is 8.29. The zero-order chi connectivity index (χ0) is 18.2. The number of methoxy groups -OCH3 is 1. The van der Waals surface area contributed by atoms with Gasteiger partial charge in [-0.3, -0.25) is 0 Å². The maximum atomic E-state index is 13.6. The molecule has 1 aromatic heterocycles. The van der Waals surface area contributed by atoms with Crippen molar-refractivity contribution in [3.05, 3.63) is 71.7 Å². The number of rotatable bonds is 8. The van der Waals surface area contributed by atoms with Gasteiger partial charge in [-0.2, -0.15) is 10.1 Å². The van der Waals surface area contributed by atoms with Gasteiger partial charge in [-0.25, -0.2) is 4.39 Å². The fourth-order valence-electron chi connectivity index (χ4n) is 2.51. The molecule has 2 N–H and O–H groups in total. The highest BCUT2D eigenvalue weighted by atomic mass is 19.1. The number of aromatic nitrogens is 3. The van der Waals surface area contributed by atoms with Gasteiger partial charge < -0.3 is 15.4 Å². The van der Waals surface area contributed by atoms with Gasteiger partial charge in [0.25, 0.3) is 0 Å². The predicted octanol–water partition coefficient (Wildman–Crippen LogP) is 3.29. The molecule has 0 fully saturated rings. The maximum absolute atomic E-state index is 13.6. The highest BCUT2D eigenvalue weighted by Gasteiger charge is 2.05. The second kappa shape index (κ2) is 8.75. The fraction of sp³-hybridized carbons (Fsp3) is 0.211. The summed E-state index contributed by atoms with van der Waals surface area (Å²) in [6.45, 7) is 1.07. The minimum atomic E-state index is -0.208. The van der Waals surface area contributed by atoms with Crippen molar-refractivity contribution in [3.8, 4) is 5.75 Å². The van der Waals surface area contributed by atoms with Crippen LogP contribution < -0.4 is 15.4 Å². The number of benzene rings is 2. The Morgan fingerprint density at radius 3 is 2.58 bits per heavy atom. The van der Waals surface area contributed by atoms with E-state index in [4.69, 9.17) is 4.74 Å². The molecule has 0 atom stereocenters. The van der Waals surface area contributed by atoms with E-state index in [0.29, 0.717) is 36.8 Å². The molecule has 7 heteroatoms. The first-order chi connectivity index (χ1) is 12.8. The lowest BCUT2D eigenvalue weighted by Gasteiger charge is -2.10. The maximum Gasteiger partial charge on any atom is 0.244 e. The van der Waals surface area contributed by atoms with E-state index < -0.39 is 0 Å². The molecule has 6 nitrogen and oxygen atoms in total. The van der Waals surface area contributed by atoms with Gasteiger partial charge in [0.05, 0.1) is 13.3 Å². The lowest BCUT2D eigenvalue weighted by atomic mass is 10.1. The van der Waals surface area contributed by atoms with Crippen LogP contribution in [0.25, 0.3) is 0 Å². The standard InChI is InChI=1S/C19H20FN5O/c1-26-17-9-5-3-7-15(17)12-22-18-13-23-25-19(24-18)21-11-10-14-6-2-4-8-16(14)20/h2-9,13H,10-12H2,1H3,(H2,21,22,24,25). The largest absolute Gasteiger partial charge is 0.496 e. The van der Waals surface area contributed by atoms with Crippen LogP contribution in [0.1, 0.15) is 11.1 Å². The quantitative estimate of drug-likeness (QED) is 0.647. The summed E-state index contributed by atoms with van der Waals surface area (Å²) in [5, 5.41) is 14.2. The summed E-state index contributed by atoms with van der Waals surface area (Å²) in [5.41, 5.74) is 1.67. The van der Waals surface area contributed by atoms with Crippen LogP contribution in [0, 0.1) is 5.82 Å². The van der Waals surface area contributed by atoms with Crippen LogP contribution in [0.3, 0.4) is 0 Å². The Morgan fingerprint density at radius 1 is 1.00 bits per heavy atom. The summed E-state index contributed by atoms with van der Waals surface area (Å²) in [7, 11) is 1.64. The minimum absolute atomic E-state index is 0.208. The molecule has 2 aromatic carbocycles. The highest BCUT2D eigenvalue weighted by molar-refractivity contribution is 5.41. The second-order valence-electron chi connectivity index (χ2n) is 5.60. The number of nitrogens with zero attached hydrogens (tertiary/aromatic N) is 3. The van der Waals surface area contributed by atoms with Crippen LogP contribution in [0.5, 0.6) is 5.75 Å². The number of halogens is 1. The molecule has 3 rings (SSSR count). The van der Waals surface area contributed by atoms with Crippen molar-refractivity contribution < 1.29 is 9.13 Å². The first-order valence-electron chi connectivity index (χ1n) is 8.29. The molecule has 0 unspecified atom stereocenters. The third kappa shape index (κ3) is 4.66. The Bertz CT molecular complexity index is 859. The summed E-state index contributed by atoms with van der Waals surface area (Å²) < 4.78 is 18.9. The molecule has 0 amide bonds. The summed E-state index contributed by atoms with van der Waals surface area (Å²) in [4.78, 5) is 4.37. The number of nitrogens with one attached hydrogen (secondary N) is 2. The fourth-order valence-corrected chi connectivity index (χ4v) is 2.51. The van der Waals surface area contributed by atoms with E-state index in [1.165, 1.54) is 6.07 Å². The normalized spacial score (nSPS) is 10.4. The van der Waals surface area contributed by atoms with Gasteiger partial charge >= 0.3 is 0 Å². The summed E-state index contributed by atoms with van der Waals surface area (Å²) in [6, 6.07) is 14.5. The van der Waals surface area contributed by atoms with Gasteiger partial charge in [-0.05, 0) is 24.1 Å². The third-order valence-corrected chi connectivity index (χ3v) is 3.85. The molecule has 0 aliphatic heterocycles. The van der Waals surface area contributed by atoms with Gasteiger partial charge in [0.2, 0.25) is 5.95 Å². The highest BCUT2D eigenvalue weighted by Crippen LogP contribution is 2.18. The van der Waals surface area contributed by atoms with Crippen LogP contribution in [0.2, 0.25) is 0 Å². The molecule has 0 spiro atoms. The van der Waals surface area contributed by atoms with Crippen LogP contribution in [0.15, 0.2) is 54.7 Å². The molecule has 0 saturated heterocycles. The molecular formula is C19H20FN5O. The van der Waals surface area contributed by atoms with Crippen LogP contribution in [0.4, 0.5) is 16.2 Å². The van der Waals surface area contributed by atoms with E-state index in [-0.39, 0.29) is 5.82 Å². The number of anilines is 2. The molecule has 0 radical (unpaired) electrons. The molecule has 26 heavy (non-hydrogen) atoms. The Hall–Kier alpha value is -3.22. The SMILES string of the molecule is COc1ccccc1CNc1cnnc(NCCc2ccccc2F)n1. The van der Waals surface area contributed by atoms with Crippen molar-refractivity contribution in [2.75, 3.05) is 24.3 Å². The molecular weight excluding hydrogens is 333 g/mol. The zero-order valence-electron chi connectivity index (χ0n) is 14.4.